The van der Waals surface area contributed by atoms with Crippen LogP contribution in [-0.2, 0) is 13.1 Å². The topological polar surface area (TPSA) is 90.5 Å². The van der Waals surface area contributed by atoms with Gasteiger partial charge in [0, 0.05) is 35.9 Å². The van der Waals surface area contributed by atoms with Gasteiger partial charge in [0.25, 0.3) is 0 Å². The summed E-state index contributed by atoms with van der Waals surface area (Å²) in [7, 11) is 0. The lowest BCUT2D eigenvalue weighted by atomic mass is 10.1. The molecule has 7 heteroatoms. The maximum absolute atomic E-state index is 11.9. The number of rotatable bonds is 9. The number of carboxylic acid groups (broad SMARTS) is 1. The molecule has 0 aliphatic rings. The highest BCUT2D eigenvalue weighted by atomic mass is 32.1. The van der Waals surface area contributed by atoms with Gasteiger partial charge in [-0.2, -0.15) is 0 Å². The van der Waals surface area contributed by atoms with E-state index in [1.54, 1.807) is 29.5 Å². The Morgan fingerprint density at radius 1 is 0.862 bits per heavy atom. The maximum atomic E-state index is 11.9. The van der Waals surface area contributed by atoms with E-state index in [2.05, 4.69) is 40.2 Å². The Kier molecular flexibility index (Phi) is 7.38. The number of carboxylic acids is 1. The van der Waals surface area contributed by atoms with Gasteiger partial charge in [0.05, 0.1) is 5.56 Å². The van der Waals surface area contributed by atoms with Crippen LogP contribution in [0.25, 0.3) is 10.4 Å². The Morgan fingerprint density at radius 3 is 2.48 bits per heavy atom. The Morgan fingerprint density at radius 2 is 1.69 bits per heavy atom. The minimum absolute atomic E-state index is 0.206. The zero-order chi connectivity index (χ0) is 20.5. The van der Waals surface area contributed by atoms with Crippen molar-refractivity contribution in [3.63, 3.8) is 0 Å². The van der Waals surface area contributed by atoms with Crippen molar-refractivity contribution in [3.05, 3.63) is 82.7 Å². The Balaban J connectivity index is 1.32. The fourth-order valence-corrected chi connectivity index (χ4v) is 3.75. The molecular weight excluding hydrogens is 386 g/mol. The predicted molar refractivity (Wildman–Crippen MR) is 115 cm³/mol. The summed E-state index contributed by atoms with van der Waals surface area (Å²) in [6.07, 6.45) is 0. The Bertz CT molecular complexity index is 957. The number of hydrogen-bond acceptors (Lipinski definition) is 4. The minimum Gasteiger partial charge on any atom is -0.478 e. The van der Waals surface area contributed by atoms with E-state index in [1.807, 2.05) is 18.2 Å². The summed E-state index contributed by atoms with van der Waals surface area (Å²) in [6.45, 7) is 2.18. The molecule has 1 heterocycles. The van der Waals surface area contributed by atoms with Crippen LogP contribution in [0.5, 0.6) is 0 Å². The standard InChI is InChI=1S/C22H23N3O3S/c26-21(27)18-8-4-5-16(13-18)14-25-22(28)24-12-11-23-15-19-9-10-20(29-19)17-6-2-1-3-7-17/h1-10,13,23H,11-12,14-15H2,(H,26,27)(H2,24,25,28). The summed E-state index contributed by atoms with van der Waals surface area (Å²) in [4.78, 5) is 25.3. The second-order valence-electron chi connectivity index (χ2n) is 6.42. The van der Waals surface area contributed by atoms with Crippen molar-refractivity contribution in [2.45, 2.75) is 13.1 Å². The SMILES string of the molecule is O=C(NCCNCc1ccc(-c2ccccc2)s1)NCc1cccc(C(=O)O)c1. The molecule has 0 fully saturated rings. The van der Waals surface area contributed by atoms with Crippen molar-refractivity contribution in [1.29, 1.82) is 0 Å². The summed E-state index contributed by atoms with van der Waals surface area (Å²) in [6, 6.07) is 20.8. The number of benzene rings is 2. The zero-order valence-electron chi connectivity index (χ0n) is 15.9. The van der Waals surface area contributed by atoms with Crippen molar-refractivity contribution in [1.82, 2.24) is 16.0 Å². The van der Waals surface area contributed by atoms with Crippen LogP contribution in [0, 0.1) is 0 Å². The van der Waals surface area contributed by atoms with Gasteiger partial charge in [0.1, 0.15) is 0 Å². The van der Waals surface area contributed by atoms with Gasteiger partial charge in [-0.25, -0.2) is 9.59 Å². The number of hydrogen-bond donors (Lipinski definition) is 4. The molecule has 29 heavy (non-hydrogen) atoms. The van der Waals surface area contributed by atoms with E-state index >= 15 is 0 Å². The summed E-state index contributed by atoms with van der Waals surface area (Å²) >= 11 is 1.76. The molecule has 1 aromatic heterocycles. The first-order valence-electron chi connectivity index (χ1n) is 9.30. The average Bonchev–Trinajstić information content (AvgIpc) is 3.22. The number of thiophene rings is 1. The van der Waals surface area contributed by atoms with Crippen LogP contribution in [-0.4, -0.2) is 30.2 Å². The van der Waals surface area contributed by atoms with Crippen molar-refractivity contribution in [3.8, 4) is 10.4 Å². The van der Waals surface area contributed by atoms with Gasteiger partial charge in [0.15, 0.2) is 0 Å². The molecule has 4 N–H and O–H groups in total. The summed E-state index contributed by atoms with van der Waals surface area (Å²) in [5, 5.41) is 17.8. The first-order valence-corrected chi connectivity index (χ1v) is 10.1. The number of amides is 2. The summed E-state index contributed by atoms with van der Waals surface area (Å²) in [5.74, 6) is -0.982. The molecule has 0 saturated carbocycles. The molecule has 2 aromatic carbocycles. The molecule has 3 aromatic rings. The molecule has 0 saturated heterocycles. The smallest absolute Gasteiger partial charge is 0.335 e. The lowest BCUT2D eigenvalue weighted by molar-refractivity contribution is 0.0696. The lowest BCUT2D eigenvalue weighted by Crippen LogP contribution is -2.38. The van der Waals surface area contributed by atoms with Gasteiger partial charge in [-0.1, -0.05) is 42.5 Å². The molecule has 0 atom stereocenters. The van der Waals surface area contributed by atoms with E-state index in [-0.39, 0.29) is 18.1 Å². The molecule has 0 bridgehead atoms. The van der Waals surface area contributed by atoms with Crippen LogP contribution in [0.15, 0.2) is 66.7 Å². The van der Waals surface area contributed by atoms with Gasteiger partial charge in [-0.15, -0.1) is 11.3 Å². The van der Waals surface area contributed by atoms with E-state index in [1.165, 1.54) is 21.4 Å². The molecule has 0 aliphatic heterocycles. The fourth-order valence-electron chi connectivity index (χ4n) is 2.77. The van der Waals surface area contributed by atoms with E-state index in [9.17, 15) is 9.59 Å². The minimum atomic E-state index is -0.982. The highest BCUT2D eigenvalue weighted by Crippen LogP contribution is 2.27. The highest BCUT2D eigenvalue weighted by Gasteiger charge is 2.05. The summed E-state index contributed by atoms with van der Waals surface area (Å²) in [5.41, 5.74) is 2.17. The second kappa shape index (κ2) is 10.4. The molecule has 0 spiro atoms. The molecule has 2 amide bonds. The van der Waals surface area contributed by atoms with Crippen LogP contribution in [0.1, 0.15) is 20.8 Å². The van der Waals surface area contributed by atoms with Gasteiger partial charge < -0.3 is 21.1 Å². The quantitative estimate of drug-likeness (QED) is 0.406. The fraction of sp³-hybridized carbons (Fsp3) is 0.182. The number of carbonyl (C=O) groups excluding carboxylic acids is 1. The van der Waals surface area contributed by atoms with Gasteiger partial charge in [-0.3, -0.25) is 0 Å². The highest BCUT2D eigenvalue weighted by molar-refractivity contribution is 7.15. The second-order valence-corrected chi connectivity index (χ2v) is 7.59. The number of nitrogens with one attached hydrogen (secondary N) is 3. The monoisotopic (exact) mass is 409 g/mol. The number of urea groups is 1. The number of aromatic carboxylic acids is 1. The third kappa shape index (κ3) is 6.44. The van der Waals surface area contributed by atoms with Crippen LogP contribution in [0.4, 0.5) is 4.79 Å². The largest absolute Gasteiger partial charge is 0.478 e. The van der Waals surface area contributed by atoms with Gasteiger partial charge in [0.2, 0.25) is 0 Å². The molecule has 0 radical (unpaired) electrons. The molecule has 3 rings (SSSR count). The third-order valence-corrected chi connectivity index (χ3v) is 5.37. The molecule has 150 valence electrons. The van der Waals surface area contributed by atoms with Crippen LogP contribution < -0.4 is 16.0 Å². The maximum Gasteiger partial charge on any atom is 0.335 e. The average molecular weight is 410 g/mol. The van der Waals surface area contributed by atoms with Crippen molar-refractivity contribution >= 4 is 23.3 Å². The first-order chi connectivity index (χ1) is 14.1. The lowest BCUT2D eigenvalue weighted by Gasteiger charge is -2.08. The molecule has 6 nitrogen and oxygen atoms in total. The third-order valence-electron chi connectivity index (χ3n) is 4.23. The van der Waals surface area contributed by atoms with Crippen molar-refractivity contribution < 1.29 is 14.7 Å². The first kappa shape index (κ1) is 20.6. The molecular formula is C22H23N3O3S. The van der Waals surface area contributed by atoms with Crippen molar-refractivity contribution in [2.75, 3.05) is 13.1 Å². The molecule has 0 aliphatic carbocycles. The predicted octanol–water partition coefficient (Wildman–Crippen LogP) is 3.70. The van der Waals surface area contributed by atoms with Crippen LogP contribution in [0.2, 0.25) is 0 Å². The Hall–Kier alpha value is -3.16. The van der Waals surface area contributed by atoms with Crippen molar-refractivity contribution in [2.24, 2.45) is 0 Å². The normalized spacial score (nSPS) is 10.5. The summed E-state index contributed by atoms with van der Waals surface area (Å²) < 4.78 is 0. The van der Waals surface area contributed by atoms with E-state index in [0.29, 0.717) is 13.1 Å². The van der Waals surface area contributed by atoms with Gasteiger partial charge in [-0.05, 0) is 35.4 Å². The van der Waals surface area contributed by atoms with Crippen LogP contribution >= 0.6 is 11.3 Å². The van der Waals surface area contributed by atoms with E-state index in [4.69, 9.17) is 5.11 Å². The molecule has 0 unspecified atom stereocenters. The Labute approximate surface area is 173 Å². The van der Waals surface area contributed by atoms with E-state index < -0.39 is 5.97 Å². The van der Waals surface area contributed by atoms with Crippen LogP contribution in [0.3, 0.4) is 0 Å². The number of carbonyl (C=O) groups is 2. The van der Waals surface area contributed by atoms with Gasteiger partial charge >= 0.3 is 12.0 Å². The zero-order valence-corrected chi connectivity index (χ0v) is 16.7. The van der Waals surface area contributed by atoms with E-state index in [0.717, 1.165) is 12.1 Å².